The lowest BCUT2D eigenvalue weighted by atomic mass is 9.33. The van der Waals surface area contributed by atoms with Crippen LogP contribution in [0, 0.1) is 50.2 Å². The Labute approximate surface area is 254 Å². The minimum atomic E-state index is -0.534. The Kier molecular flexibility index (Phi) is 7.01. The van der Waals surface area contributed by atoms with Gasteiger partial charge in [0.25, 0.3) is 0 Å². The second-order valence-electron chi connectivity index (χ2n) is 17.0. The van der Waals surface area contributed by atoms with Gasteiger partial charge in [-0.15, -0.1) is 0 Å². The van der Waals surface area contributed by atoms with Gasteiger partial charge in [0.15, 0.2) is 5.78 Å². The highest BCUT2D eigenvalue weighted by Gasteiger charge is 2.70. The summed E-state index contributed by atoms with van der Waals surface area (Å²) < 4.78 is 5.94. The van der Waals surface area contributed by atoms with E-state index in [0.29, 0.717) is 18.3 Å². The lowest BCUT2D eigenvalue weighted by Gasteiger charge is -2.70. The van der Waals surface area contributed by atoms with Crippen molar-refractivity contribution >= 4 is 11.8 Å². The molecule has 5 aliphatic rings. The van der Waals surface area contributed by atoms with Gasteiger partial charge in [0.1, 0.15) is 0 Å². The van der Waals surface area contributed by atoms with Gasteiger partial charge < -0.3 is 9.84 Å². The molecule has 0 spiro atoms. The Balaban J connectivity index is 1.30. The molecule has 0 heterocycles. The van der Waals surface area contributed by atoms with Crippen molar-refractivity contribution in [3.63, 3.8) is 0 Å². The van der Waals surface area contributed by atoms with E-state index >= 15 is 0 Å². The van der Waals surface area contributed by atoms with Gasteiger partial charge in [0, 0.05) is 12.3 Å². The molecule has 4 nitrogen and oxygen atoms in total. The average Bonchev–Trinajstić information content (AvgIpc) is 2.93. The maximum atomic E-state index is 14.5. The highest BCUT2D eigenvalue weighted by Crippen LogP contribution is 2.75. The number of hydrogen-bond donors (Lipinski definition) is 1. The lowest BCUT2D eigenvalue weighted by Crippen LogP contribution is -2.66. The number of fused-ring (bicyclic) bond motifs is 7. The van der Waals surface area contributed by atoms with Crippen molar-refractivity contribution in [1.29, 1.82) is 0 Å². The Hall–Kier alpha value is -1.94. The quantitative estimate of drug-likeness (QED) is 0.369. The van der Waals surface area contributed by atoms with Crippen LogP contribution in [0.2, 0.25) is 0 Å². The second-order valence-corrected chi connectivity index (χ2v) is 17.0. The molecule has 0 radical (unpaired) electrons. The minimum Gasteiger partial charge on any atom is -0.465 e. The van der Waals surface area contributed by atoms with E-state index in [-0.39, 0.29) is 51.0 Å². The molecule has 2 unspecified atom stereocenters. The number of esters is 1. The average molecular weight is 575 g/mol. The SMILES string of the molecule is CC1(C)C2CC[C@]3(C)C(C(=O)C=C4[C@@H]5C[C@@](C)(C(=O)OCCc6ccccc6)CC[C@]5(C)CC[C@]43C)[C@@]2(C)CC[C@@H]1O. The molecular formula is C38H54O4. The standard InChI is InChI=1S/C38H54O4/c1-33(2)29-13-17-38(7)31(36(29,5)16-14-30(33)40)28(39)23-26-27-24-35(4,19-18-34(27,3)20-21-37(26,38)6)32(41)42-22-15-25-11-9-8-10-12-25/h8-12,23,27,29-31,40H,13-22,24H2,1-7H3/t27-,29?,30-,31?,34+,35-,36-,37+,38+/m0/s1. The minimum absolute atomic E-state index is 0.0217. The highest BCUT2D eigenvalue weighted by atomic mass is 16.5. The van der Waals surface area contributed by atoms with E-state index in [1.165, 1.54) is 11.1 Å². The zero-order chi connectivity index (χ0) is 30.3. The van der Waals surface area contributed by atoms with Crippen molar-refractivity contribution in [3.8, 4) is 0 Å². The van der Waals surface area contributed by atoms with Gasteiger partial charge in [-0.1, -0.05) is 77.4 Å². The molecular weight excluding hydrogens is 520 g/mol. The van der Waals surface area contributed by atoms with E-state index in [9.17, 15) is 14.7 Å². The predicted octanol–water partition coefficient (Wildman–Crippen LogP) is 8.11. The smallest absolute Gasteiger partial charge is 0.311 e. The molecule has 42 heavy (non-hydrogen) atoms. The molecule has 1 N–H and O–H groups in total. The van der Waals surface area contributed by atoms with Gasteiger partial charge in [-0.2, -0.15) is 0 Å². The van der Waals surface area contributed by atoms with E-state index in [4.69, 9.17) is 4.74 Å². The summed E-state index contributed by atoms with van der Waals surface area (Å²) in [5.41, 5.74) is 1.61. The molecule has 230 valence electrons. The molecule has 1 aromatic rings. The van der Waals surface area contributed by atoms with Gasteiger partial charge in [0.05, 0.1) is 18.1 Å². The number of ketones is 1. The number of aliphatic hydroxyl groups excluding tert-OH is 1. The molecule has 6 rings (SSSR count). The summed E-state index contributed by atoms with van der Waals surface area (Å²) >= 11 is 0. The number of aliphatic hydroxyl groups is 1. The number of rotatable bonds is 4. The zero-order valence-electron chi connectivity index (χ0n) is 27.2. The van der Waals surface area contributed by atoms with Crippen molar-refractivity contribution in [2.75, 3.05) is 6.61 Å². The first-order chi connectivity index (χ1) is 19.6. The molecule has 0 aromatic heterocycles. The Morgan fingerprint density at radius 2 is 1.60 bits per heavy atom. The molecule has 4 heteroatoms. The third kappa shape index (κ3) is 4.16. The normalized spacial score (nSPS) is 45.9. The summed E-state index contributed by atoms with van der Waals surface area (Å²) in [7, 11) is 0. The van der Waals surface area contributed by atoms with Crippen LogP contribution in [0.15, 0.2) is 42.0 Å². The first kappa shape index (κ1) is 30.1. The number of allylic oxidation sites excluding steroid dienone is 2. The van der Waals surface area contributed by atoms with Crippen LogP contribution >= 0.6 is 0 Å². The fourth-order valence-corrected chi connectivity index (χ4v) is 11.4. The number of carbonyl (C=O) groups excluding carboxylic acids is 2. The van der Waals surface area contributed by atoms with Crippen molar-refractivity contribution in [2.24, 2.45) is 50.2 Å². The number of ether oxygens (including phenoxy) is 1. The second kappa shape index (κ2) is 9.78. The van der Waals surface area contributed by atoms with Gasteiger partial charge >= 0.3 is 5.97 Å². The Morgan fingerprint density at radius 3 is 2.31 bits per heavy atom. The lowest BCUT2D eigenvalue weighted by molar-refractivity contribution is -0.202. The number of benzene rings is 1. The fraction of sp³-hybridized carbons (Fsp3) is 0.737. The summed E-state index contributed by atoms with van der Waals surface area (Å²) in [6.45, 7) is 16.7. The maximum Gasteiger partial charge on any atom is 0.311 e. The van der Waals surface area contributed by atoms with Crippen molar-refractivity contribution in [3.05, 3.63) is 47.5 Å². The van der Waals surface area contributed by atoms with E-state index in [1.54, 1.807) is 0 Å². The fourth-order valence-electron chi connectivity index (χ4n) is 11.4. The van der Waals surface area contributed by atoms with E-state index < -0.39 is 5.41 Å². The van der Waals surface area contributed by atoms with E-state index in [2.05, 4.69) is 66.7 Å². The first-order valence-electron chi connectivity index (χ1n) is 16.8. The molecule has 9 atom stereocenters. The summed E-state index contributed by atoms with van der Waals surface area (Å²) in [4.78, 5) is 28.1. The van der Waals surface area contributed by atoms with E-state index in [1.807, 2.05) is 18.2 Å². The molecule has 0 bridgehead atoms. The molecule has 1 aromatic carbocycles. The number of carbonyl (C=O) groups is 2. The molecule has 0 amide bonds. The van der Waals surface area contributed by atoms with Crippen LogP contribution in [0.5, 0.6) is 0 Å². The van der Waals surface area contributed by atoms with Crippen molar-refractivity contribution < 1.29 is 19.4 Å². The van der Waals surface area contributed by atoms with Gasteiger partial charge in [-0.05, 0) is 115 Å². The van der Waals surface area contributed by atoms with Crippen molar-refractivity contribution in [2.45, 2.75) is 119 Å². The highest BCUT2D eigenvalue weighted by molar-refractivity contribution is 5.95. The van der Waals surface area contributed by atoms with Crippen LogP contribution in [-0.4, -0.2) is 29.6 Å². The van der Waals surface area contributed by atoms with Crippen LogP contribution in [-0.2, 0) is 20.7 Å². The number of hydrogen-bond acceptors (Lipinski definition) is 4. The summed E-state index contributed by atoms with van der Waals surface area (Å²) in [5.74, 6) is 0.772. The van der Waals surface area contributed by atoms with Crippen LogP contribution in [0.25, 0.3) is 0 Å². The van der Waals surface area contributed by atoms with Crippen LogP contribution in [0.4, 0.5) is 0 Å². The van der Waals surface area contributed by atoms with Crippen LogP contribution < -0.4 is 0 Å². The first-order valence-corrected chi connectivity index (χ1v) is 16.8. The third-order valence-corrected chi connectivity index (χ3v) is 14.5. The van der Waals surface area contributed by atoms with Crippen molar-refractivity contribution in [1.82, 2.24) is 0 Å². The molecule has 5 aliphatic carbocycles. The third-order valence-electron chi connectivity index (χ3n) is 14.5. The zero-order valence-corrected chi connectivity index (χ0v) is 27.2. The monoisotopic (exact) mass is 574 g/mol. The van der Waals surface area contributed by atoms with Gasteiger partial charge in [-0.3, -0.25) is 9.59 Å². The molecule has 4 saturated carbocycles. The molecule has 4 fully saturated rings. The largest absolute Gasteiger partial charge is 0.465 e. The van der Waals surface area contributed by atoms with Gasteiger partial charge in [0.2, 0.25) is 0 Å². The molecule has 0 aliphatic heterocycles. The predicted molar refractivity (Wildman–Crippen MR) is 167 cm³/mol. The van der Waals surface area contributed by atoms with Crippen LogP contribution in [0.1, 0.15) is 112 Å². The van der Waals surface area contributed by atoms with E-state index in [0.717, 1.165) is 64.2 Å². The summed E-state index contributed by atoms with van der Waals surface area (Å²) in [6, 6.07) is 10.2. The maximum absolute atomic E-state index is 14.5. The molecule has 0 saturated heterocycles. The summed E-state index contributed by atoms with van der Waals surface area (Å²) in [5, 5.41) is 11.0. The summed E-state index contributed by atoms with van der Waals surface area (Å²) in [6.07, 6.45) is 11.2. The topological polar surface area (TPSA) is 63.6 Å². The van der Waals surface area contributed by atoms with Crippen LogP contribution in [0.3, 0.4) is 0 Å². The van der Waals surface area contributed by atoms with Gasteiger partial charge in [-0.25, -0.2) is 0 Å². The Morgan fingerprint density at radius 1 is 0.905 bits per heavy atom. The Bertz CT molecular complexity index is 1280.